The first kappa shape index (κ1) is 18.6. The second-order valence-electron chi connectivity index (χ2n) is 6.85. The zero-order valence-corrected chi connectivity index (χ0v) is 16.2. The van der Waals surface area contributed by atoms with Gasteiger partial charge in [-0.1, -0.05) is 22.9 Å². The SMILES string of the molecule is CC(C)(C)OC(=O)N1CCC1C(=O)Nc1sc(-c2cccnc2)nc1Cl. The first-order chi connectivity index (χ1) is 12.2. The summed E-state index contributed by atoms with van der Waals surface area (Å²) in [5, 5.41) is 4.09. The van der Waals surface area contributed by atoms with E-state index in [9.17, 15) is 9.59 Å². The van der Waals surface area contributed by atoms with Crippen LogP contribution in [-0.2, 0) is 9.53 Å². The number of pyridine rings is 1. The fourth-order valence-corrected chi connectivity index (χ4v) is 3.53. The van der Waals surface area contributed by atoms with Gasteiger partial charge in [0.05, 0.1) is 0 Å². The Labute approximate surface area is 160 Å². The second-order valence-corrected chi connectivity index (χ2v) is 8.21. The minimum absolute atomic E-state index is 0.213. The largest absolute Gasteiger partial charge is 0.444 e. The number of anilines is 1. The molecule has 1 unspecified atom stereocenters. The van der Waals surface area contributed by atoms with Gasteiger partial charge in [-0.3, -0.25) is 14.7 Å². The van der Waals surface area contributed by atoms with Crippen LogP contribution in [-0.4, -0.2) is 45.1 Å². The number of carbonyl (C=O) groups excluding carboxylic acids is 2. The Morgan fingerprint density at radius 2 is 2.19 bits per heavy atom. The quantitative estimate of drug-likeness (QED) is 0.855. The molecule has 0 saturated carbocycles. The number of carbonyl (C=O) groups is 2. The van der Waals surface area contributed by atoms with Crippen LogP contribution >= 0.6 is 22.9 Å². The number of rotatable bonds is 3. The van der Waals surface area contributed by atoms with E-state index in [4.69, 9.17) is 16.3 Å². The molecule has 26 heavy (non-hydrogen) atoms. The number of thiazole rings is 1. The lowest BCUT2D eigenvalue weighted by Gasteiger charge is -2.40. The standard InChI is InChI=1S/C17H19ClN4O3S/c1-17(2,3)25-16(24)22-8-6-11(22)13(23)21-15-12(18)20-14(26-15)10-5-4-7-19-9-10/h4-5,7,9,11H,6,8H2,1-3H3,(H,21,23). The third-order valence-electron chi connectivity index (χ3n) is 3.68. The van der Waals surface area contributed by atoms with Gasteiger partial charge in [0.15, 0.2) is 5.15 Å². The molecule has 1 N–H and O–H groups in total. The Bertz CT molecular complexity index is 819. The lowest BCUT2D eigenvalue weighted by Crippen LogP contribution is -2.57. The molecule has 1 aliphatic rings. The fraction of sp³-hybridized carbons (Fsp3) is 0.412. The molecule has 0 aromatic carbocycles. The van der Waals surface area contributed by atoms with Crippen LogP contribution in [0.1, 0.15) is 27.2 Å². The lowest BCUT2D eigenvalue weighted by atomic mass is 10.0. The number of nitrogens with zero attached hydrogens (tertiary/aromatic N) is 3. The van der Waals surface area contributed by atoms with Crippen LogP contribution in [0, 0.1) is 0 Å². The summed E-state index contributed by atoms with van der Waals surface area (Å²) < 4.78 is 5.32. The average molecular weight is 395 g/mol. The van der Waals surface area contributed by atoms with Crippen molar-refractivity contribution in [2.75, 3.05) is 11.9 Å². The van der Waals surface area contributed by atoms with Crippen LogP contribution in [0.4, 0.5) is 9.80 Å². The van der Waals surface area contributed by atoms with E-state index in [-0.39, 0.29) is 11.1 Å². The van der Waals surface area contributed by atoms with E-state index in [0.717, 1.165) is 5.56 Å². The minimum atomic E-state index is -0.604. The van der Waals surface area contributed by atoms with Crippen molar-refractivity contribution in [1.29, 1.82) is 0 Å². The monoisotopic (exact) mass is 394 g/mol. The van der Waals surface area contributed by atoms with Crippen LogP contribution in [0.2, 0.25) is 5.15 Å². The molecule has 0 radical (unpaired) electrons. The zero-order valence-electron chi connectivity index (χ0n) is 14.7. The van der Waals surface area contributed by atoms with Gasteiger partial charge in [-0.15, -0.1) is 0 Å². The highest BCUT2D eigenvalue weighted by molar-refractivity contribution is 7.19. The molecule has 1 atom stereocenters. The highest BCUT2D eigenvalue weighted by atomic mass is 35.5. The summed E-state index contributed by atoms with van der Waals surface area (Å²) in [6.45, 7) is 5.86. The molecule has 0 bridgehead atoms. The number of aromatic nitrogens is 2. The van der Waals surface area contributed by atoms with Crippen molar-refractivity contribution >= 4 is 39.9 Å². The minimum Gasteiger partial charge on any atom is -0.444 e. The third kappa shape index (κ3) is 4.13. The normalized spacial score (nSPS) is 16.8. The summed E-state index contributed by atoms with van der Waals surface area (Å²) in [4.78, 5) is 34.4. The van der Waals surface area contributed by atoms with Gasteiger partial charge < -0.3 is 10.1 Å². The highest BCUT2D eigenvalue weighted by Crippen LogP contribution is 2.35. The maximum Gasteiger partial charge on any atom is 0.410 e. The number of halogens is 1. The highest BCUT2D eigenvalue weighted by Gasteiger charge is 2.40. The Hall–Kier alpha value is -2.19. The first-order valence-electron chi connectivity index (χ1n) is 8.12. The summed E-state index contributed by atoms with van der Waals surface area (Å²) >= 11 is 7.41. The van der Waals surface area contributed by atoms with E-state index < -0.39 is 17.7 Å². The number of ether oxygens (including phenoxy) is 1. The number of amides is 2. The fourth-order valence-electron chi connectivity index (χ4n) is 2.39. The molecule has 138 valence electrons. The van der Waals surface area contributed by atoms with Crippen molar-refractivity contribution in [3.63, 3.8) is 0 Å². The molecular weight excluding hydrogens is 376 g/mol. The lowest BCUT2D eigenvalue weighted by molar-refractivity contribution is -0.125. The van der Waals surface area contributed by atoms with E-state index in [1.807, 2.05) is 6.07 Å². The molecule has 9 heteroatoms. The second kappa shape index (κ2) is 7.20. The maximum atomic E-state index is 12.5. The predicted octanol–water partition coefficient (Wildman–Crippen LogP) is 3.81. The van der Waals surface area contributed by atoms with Crippen molar-refractivity contribution in [2.24, 2.45) is 0 Å². The van der Waals surface area contributed by atoms with Crippen molar-refractivity contribution in [3.05, 3.63) is 29.7 Å². The smallest absolute Gasteiger partial charge is 0.410 e. The summed E-state index contributed by atoms with van der Waals surface area (Å²) in [7, 11) is 0. The van der Waals surface area contributed by atoms with Gasteiger partial charge in [0.2, 0.25) is 5.91 Å². The van der Waals surface area contributed by atoms with Crippen molar-refractivity contribution in [3.8, 4) is 10.6 Å². The molecule has 3 rings (SSSR count). The molecule has 2 aromatic rings. The Balaban J connectivity index is 1.67. The molecule has 7 nitrogen and oxygen atoms in total. The van der Waals surface area contributed by atoms with Gasteiger partial charge in [0.1, 0.15) is 21.7 Å². The molecule has 3 heterocycles. The topological polar surface area (TPSA) is 84.4 Å². The van der Waals surface area contributed by atoms with Crippen molar-refractivity contribution < 1.29 is 14.3 Å². The summed E-state index contributed by atoms with van der Waals surface area (Å²) in [5.74, 6) is -0.301. The summed E-state index contributed by atoms with van der Waals surface area (Å²) in [5.41, 5.74) is 0.215. The van der Waals surface area contributed by atoms with E-state index in [1.165, 1.54) is 16.2 Å². The van der Waals surface area contributed by atoms with Gasteiger partial charge in [-0.25, -0.2) is 9.78 Å². The van der Waals surface area contributed by atoms with Crippen molar-refractivity contribution in [1.82, 2.24) is 14.9 Å². The Kier molecular flexibility index (Phi) is 5.15. The van der Waals surface area contributed by atoms with Crippen LogP contribution in [0.15, 0.2) is 24.5 Å². The Morgan fingerprint density at radius 1 is 1.42 bits per heavy atom. The average Bonchev–Trinajstić information content (AvgIpc) is 2.86. The van der Waals surface area contributed by atoms with Gasteiger partial charge >= 0.3 is 6.09 Å². The molecule has 1 aliphatic heterocycles. The zero-order chi connectivity index (χ0) is 18.9. The van der Waals surface area contributed by atoms with E-state index in [0.29, 0.717) is 23.0 Å². The van der Waals surface area contributed by atoms with Gasteiger partial charge in [-0.2, -0.15) is 0 Å². The van der Waals surface area contributed by atoms with E-state index in [1.54, 1.807) is 39.2 Å². The van der Waals surface area contributed by atoms with Crippen LogP contribution in [0.5, 0.6) is 0 Å². The summed E-state index contributed by atoms with van der Waals surface area (Å²) in [6, 6.07) is 3.10. The Morgan fingerprint density at radius 3 is 2.77 bits per heavy atom. The molecule has 2 amide bonds. The molecule has 1 saturated heterocycles. The molecule has 0 spiro atoms. The molecule has 0 aliphatic carbocycles. The predicted molar refractivity (Wildman–Crippen MR) is 100 cm³/mol. The van der Waals surface area contributed by atoms with Crippen molar-refractivity contribution in [2.45, 2.75) is 38.8 Å². The molecule has 2 aromatic heterocycles. The van der Waals surface area contributed by atoms with Gasteiger partial charge in [0.25, 0.3) is 0 Å². The summed E-state index contributed by atoms with van der Waals surface area (Å²) in [6.07, 6.45) is 3.44. The number of likely N-dealkylation sites (tertiary alicyclic amines) is 1. The number of nitrogens with one attached hydrogen (secondary N) is 1. The van der Waals surface area contributed by atoms with E-state index in [2.05, 4.69) is 15.3 Å². The van der Waals surface area contributed by atoms with Crippen LogP contribution < -0.4 is 5.32 Å². The van der Waals surface area contributed by atoms with E-state index >= 15 is 0 Å². The van der Waals surface area contributed by atoms with Crippen LogP contribution in [0.25, 0.3) is 10.6 Å². The maximum absolute atomic E-state index is 12.5. The molecule has 1 fully saturated rings. The first-order valence-corrected chi connectivity index (χ1v) is 9.31. The van der Waals surface area contributed by atoms with Gasteiger partial charge in [-0.05, 0) is 39.3 Å². The van der Waals surface area contributed by atoms with Gasteiger partial charge in [0, 0.05) is 24.5 Å². The van der Waals surface area contributed by atoms with Crippen LogP contribution in [0.3, 0.4) is 0 Å². The number of hydrogen-bond donors (Lipinski definition) is 1. The number of hydrogen-bond acceptors (Lipinski definition) is 6. The third-order valence-corrected chi connectivity index (χ3v) is 5.09. The molecular formula is C17H19ClN4O3S.